The summed E-state index contributed by atoms with van der Waals surface area (Å²) < 4.78 is 17.3. The number of likely N-dealkylation sites (N-methyl/N-ethyl adjacent to an activating group) is 1. The molecule has 0 amide bonds. The van der Waals surface area contributed by atoms with Crippen LogP contribution in [-0.2, 0) is 12.8 Å². The quantitative estimate of drug-likeness (QED) is 0.865. The monoisotopic (exact) mass is 325 g/mol. The van der Waals surface area contributed by atoms with Crippen molar-refractivity contribution < 1.29 is 14.2 Å². The van der Waals surface area contributed by atoms with E-state index >= 15 is 0 Å². The molecule has 126 valence electrons. The Hall–Kier alpha value is -2.20. The number of nitrogens with zero attached hydrogens (tertiary/aromatic N) is 1. The van der Waals surface area contributed by atoms with E-state index < -0.39 is 0 Å². The summed E-state index contributed by atoms with van der Waals surface area (Å²) in [7, 11) is 7.30. The van der Waals surface area contributed by atoms with Crippen LogP contribution in [0.25, 0.3) is 11.1 Å². The van der Waals surface area contributed by atoms with E-state index in [4.69, 9.17) is 14.2 Å². The van der Waals surface area contributed by atoms with Crippen LogP contribution in [-0.4, -0.2) is 39.8 Å². The molecule has 2 aromatic carbocycles. The Labute approximate surface area is 142 Å². The summed E-state index contributed by atoms with van der Waals surface area (Å²) in [6.45, 7) is 1.02. The van der Waals surface area contributed by atoms with Gasteiger partial charge in [-0.1, -0.05) is 24.3 Å². The third kappa shape index (κ3) is 1.96. The highest BCUT2D eigenvalue weighted by Crippen LogP contribution is 2.56. The van der Waals surface area contributed by atoms with E-state index in [0.717, 1.165) is 30.9 Å². The van der Waals surface area contributed by atoms with Gasteiger partial charge >= 0.3 is 0 Å². The average molecular weight is 325 g/mol. The van der Waals surface area contributed by atoms with Gasteiger partial charge in [0.1, 0.15) is 0 Å². The number of hydrogen-bond donors (Lipinski definition) is 0. The molecule has 1 aliphatic carbocycles. The number of hydrogen-bond acceptors (Lipinski definition) is 4. The zero-order chi connectivity index (χ0) is 16.8. The minimum absolute atomic E-state index is 0.354. The van der Waals surface area contributed by atoms with Crippen LogP contribution in [0.4, 0.5) is 0 Å². The minimum Gasteiger partial charge on any atom is -0.492 e. The van der Waals surface area contributed by atoms with E-state index in [-0.39, 0.29) is 0 Å². The number of methoxy groups -OCH3 is 3. The molecule has 0 saturated carbocycles. The molecule has 0 fully saturated rings. The lowest BCUT2D eigenvalue weighted by molar-refractivity contribution is 0.222. The molecule has 0 N–H and O–H groups in total. The molecule has 0 bridgehead atoms. The van der Waals surface area contributed by atoms with Gasteiger partial charge in [-0.05, 0) is 36.6 Å². The summed E-state index contributed by atoms with van der Waals surface area (Å²) in [5, 5.41) is 0. The van der Waals surface area contributed by atoms with Crippen molar-refractivity contribution in [3.8, 4) is 28.4 Å². The lowest BCUT2D eigenvalue weighted by Crippen LogP contribution is -2.36. The van der Waals surface area contributed by atoms with Gasteiger partial charge in [-0.15, -0.1) is 0 Å². The second-order valence-corrected chi connectivity index (χ2v) is 6.47. The number of benzene rings is 2. The van der Waals surface area contributed by atoms with Crippen LogP contribution in [0.3, 0.4) is 0 Å². The van der Waals surface area contributed by atoms with E-state index in [1.165, 1.54) is 27.8 Å². The molecule has 1 unspecified atom stereocenters. The predicted octanol–water partition coefficient (Wildman–Crippen LogP) is 3.46. The first-order valence-corrected chi connectivity index (χ1v) is 8.34. The van der Waals surface area contributed by atoms with Crippen molar-refractivity contribution in [3.05, 3.63) is 41.0 Å². The normalized spacial score (nSPS) is 18.6. The van der Waals surface area contributed by atoms with Gasteiger partial charge in [0.25, 0.3) is 0 Å². The molecule has 0 radical (unpaired) electrons. The summed E-state index contributed by atoms with van der Waals surface area (Å²) in [6, 6.07) is 8.96. The highest BCUT2D eigenvalue weighted by molar-refractivity contribution is 5.86. The molecule has 1 heterocycles. The summed E-state index contributed by atoms with van der Waals surface area (Å²) in [6.07, 6.45) is 1.98. The van der Waals surface area contributed by atoms with Crippen molar-refractivity contribution in [1.82, 2.24) is 4.90 Å². The molecule has 0 aromatic heterocycles. The summed E-state index contributed by atoms with van der Waals surface area (Å²) in [4.78, 5) is 2.44. The second-order valence-electron chi connectivity index (χ2n) is 6.47. The fourth-order valence-electron chi connectivity index (χ4n) is 4.30. The summed E-state index contributed by atoms with van der Waals surface area (Å²) in [5.74, 6) is 2.31. The Kier molecular flexibility index (Phi) is 3.65. The topological polar surface area (TPSA) is 30.9 Å². The number of fused-ring (bicyclic) bond motifs is 2. The Morgan fingerprint density at radius 2 is 1.67 bits per heavy atom. The van der Waals surface area contributed by atoms with Crippen LogP contribution in [0, 0.1) is 0 Å². The predicted molar refractivity (Wildman–Crippen MR) is 94.3 cm³/mol. The second kappa shape index (κ2) is 5.71. The molecule has 1 atom stereocenters. The molecule has 0 saturated heterocycles. The molecular formula is C20H23NO3. The molecule has 4 nitrogen and oxygen atoms in total. The van der Waals surface area contributed by atoms with Crippen LogP contribution in [0.1, 0.15) is 22.7 Å². The van der Waals surface area contributed by atoms with Crippen molar-refractivity contribution >= 4 is 0 Å². The molecule has 2 aliphatic rings. The first kappa shape index (κ1) is 15.3. The lowest BCUT2D eigenvalue weighted by Gasteiger charge is -2.41. The first-order valence-electron chi connectivity index (χ1n) is 8.34. The molecule has 24 heavy (non-hydrogen) atoms. The number of rotatable bonds is 3. The number of ether oxygens (including phenoxy) is 3. The first-order chi connectivity index (χ1) is 11.7. The molecule has 4 heteroatoms. The van der Waals surface area contributed by atoms with Crippen LogP contribution in [0.2, 0.25) is 0 Å². The highest BCUT2D eigenvalue weighted by Gasteiger charge is 2.38. The smallest absolute Gasteiger partial charge is 0.204 e. The van der Waals surface area contributed by atoms with Gasteiger partial charge in [0.05, 0.1) is 21.3 Å². The van der Waals surface area contributed by atoms with E-state index in [2.05, 4.69) is 36.2 Å². The van der Waals surface area contributed by atoms with Gasteiger partial charge in [-0.3, -0.25) is 4.90 Å². The fourth-order valence-corrected chi connectivity index (χ4v) is 4.30. The maximum Gasteiger partial charge on any atom is 0.204 e. The van der Waals surface area contributed by atoms with E-state index in [1.54, 1.807) is 21.3 Å². The van der Waals surface area contributed by atoms with Crippen molar-refractivity contribution in [2.24, 2.45) is 0 Å². The third-order valence-corrected chi connectivity index (χ3v) is 5.40. The van der Waals surface area contributed by atoms with Crippen LogP contribution >= 0.6 is 0 Å². The minimum atomic E-state index is 0.354. The van der Waals surface area contributed by atoms with Crippen molar-refractivity contribution in [2.75, 3.05) is 34.9 Å². The van der Waals surface area contributed by atoms with Crippen molar-refractivity contribution in [1.29, 1.82) is 0 Å². The van der Waals surface area contributed by atoms with Crippen LogP contribution < -0.4 is 14.2 Å². The fraction of sp³-hybridized carbons (Fsp3) is 0.400. The van der Waals surface area contributed by atoms with E-state index in [9.17, 15) is 0 Å². The van der Waals surface area contributed by atoms with Crippen molar-refractivity contribution in [3.63, 3.8) is 0 Å². The SMILES string of the molecule is COc1c2c3c(c(OC)c1OC)-c1ccccc1CC3N(C)CC2. The summed E-state index contributed by atoms with van der Waals surface area (Å²) in [5.41, 5.74) is 6.39. The Morgan fingerprint density at radius 1 is 0.958 bits per heavy atom. The summed E-state index contributed by atoms with van der Waals surface area (Å²) >= 11 is 0. The van der Waals surface area contributed by atoms with E-state index in [0.29, 0.717) is 11.8 Å². The largest absolute Gasteiger partial charge is 0.492 e. The molecule has 4 rings (SSSR count). The van der Waals surface area contributed by atoms with Gasteiger partial charge in [-0.25, -0.2) is 0 Å². The average Bonchev–Trinajstić information content (AvgIpc) is 2.63. The van der Waals surface area contributed by atoms with Gasteiger partial charge in [0.15, 0.2) is 11.5 Å². The third-order valence-electron chi connectivity index (χ3n) is 5.40. The highest BCUT2D eigenvalue weighted by atomic mass is 16.5. The van der Waals surface area contributed by atoms with Gasteiger partial charge in [0.2, 0.25) is 5.75 Å². The lowest BCUT2D eigenvalue weighted by atomic mass is 9.76. The maximum absolute atomic E-state index is 5.82. The zero-order valence-corrected chi connectivity index (χ0v) is 14.7. The maximum atomic E-state index is 5.82. The van der Waals surface area contributed by atoms with Crippen LogP contribution in [0.5, 0.6) is 17.2 Å². The van der Waals surface area contributed by atoms with Gasteiger partial charge in [0, 0.05) is 23.7 Å². The Bertz CT molecular complexity index is 800. The molecule has 1 aliphatic heterocycles. The molecule has 0 spiro atoms. The van der Waals surface area contributed by atoms with Crippen LogP contribution in [0.15, 0.2) is 24.3 Å². The standard InChI is InChI=1S/C20H23NO3/c1-21-10-9-14-16-15(21)11-12-7-5-6-8-13(12)17(16)19(23-3)20(24-4)18(14)22-2/h5-8,15H,9-11H2,1-4H3. The van der Waals surface area contributed by atoms with Crippen molar-refractivity contribution in [2.45, 2.75) is 18.9 Å². The molecule has 2 aromatic rings. The molecular weight excluding hydrogens is 302 g/mol. The van der Waals surface area contributed by atoms with E-state index in [1.807, 2.05) is 0 Å². The Balaban J connectivity index is 2.14. The zero-order valence-electron chi connectivity index (χ0n) is 14.7. The van der Waals surface area contributed by atoms with Gasteiger partial charge < -0.3 is 14.2 Å². The Morgan fingerprint density at radius 3 is 2.38 bits per heavy atom. The van der Waals surface area contributed by atoms with Gasteiger partial charge in [-0.2, -0.15) is 0 Å².